The fraction of sp³-hybridized carbons (Fsp3) is 0.423. The van der Waals surface area contributed by atoms with Crippen molar-refractivity contribution in [2.75, 3.05) is 11.4 Å². The molecule has 0 aliphatic carbocycles. The van der Waals surface area contributed by atoms with Gasteiger partial charge in [-0.15, -0.1) is 0 Å². The quantitative estimate of drug-likeness (QED) is 0.284. The summed E-state index contributed by atoms with van der Waals surface area (Å²) >= 11 is 5.02. The van der Waals surface area contributed by atoms with E-state index in [9.17, 15) is 35.9 Å². The molecule has 2 aromatic carbocycles. The van der Waals surface area contributed by atoms with Gasteiger partial charge in [0.2, 0.25) is 5.91 Å². The number of fused-ring (bicyclic) bond motifs is 1. The lowest BCUT2D eigenvalue weighted by atomic mass is 9.97. The number of thiocarbonyl (C=S) groups is 1. The van der Waals surface area contributed by atoms with E-state index in [2.05, 4.69) is 0 Å². The first-order chi connectivity index (χ1) is 17.6. The Hall–Kier alpha value is -3.15. The highest BCUT2D eigenvalue weighted by Crippen LogP contribution is 2.40. The lowest BCUT2D eigenvalue weighted by Gasteiger charge is -2.32. The summed E-state index contributed by atoms with van der Waals surface area (Å²) in [7, 11) is 0. The van der Waals surface area contributed by atoms with Gasteiger partial charge in [-0.25, -0.2) is 4.79 Å². The fourth-order valence-electron chi connectivity index (χ4n) is 4.40. The summed E-state index contributed by atoms with van der Waals surface area (Å²) in [6, 6.07) is 5.51. The van der Waals surface area contributed by atoms with Crippen LogP contribution in [0.2, 0.25) is 0 Å². The van der Waals surface area contributed by atoms with Gasteiger partial charge in [0.25, 0.3) is 0 Å². The summed E-state index contributed by atoms with van der Waals surface area (Å²) in [4.78, 5) is 28.3. The minimum absolute atomic E-state index is 0.0492. The Bertz CT molecular complexity index is 1180. The van der Waals surface area contributed by atoms with Crippen molar-refractivity contribution in [3.05, 3.63) is 64.2 Å². The van der Waals surface area contributed by atoms with Crippen molar-refractivity contribution < 1.29 is 40.7 Å². The SMILES string of the molecule is CC(=O)N(Cc1cc(C(F)(F)F)cc(C(F)(F)F)c1)C1CCCN(C(=O)OC(C)C)c2cc(C=S)ccc21. The van der Waals surface area contributed by atoms with Crippen molar-refractivity contribution in [3.63, 3.8) is 0 Å². The van der Waals surface area contributed by atoms with Crippen molar-refractivity contribution in [2.24, 2.45) is 0 Å². The van der Waals surface area contributed by atoms with Gasteiger partial charge in [-0.3, -0.25) is 9.69 Å². The van der Waals surface area contributed by atoms with Crippen molar-refractivity contribution in [1.29, 1.82) is 0 Å². The van der Waals surface area contributed by atoms with Crippen molar-refractivity contribution in [2.45, 2.75) is 64.7 Å². The monoisotopic (exact) mass is 560 g/mol. The summed E-state index contributed by atoms with van der Waals surface area (Å²) < 4.78 is 85.8. The zero-order valence-corrected chi connectivity index (χ0v) is 21.6. The second-order valence-electron chi connectivity index (χ2n) is 9.24. The molecule has 1 aliphatic heterocycles. The van der Waals surface area contributed by atoms with Gasteiger partial charge in [-0.1, -0.05) is 24.4 Å². The fourth-order valence-corrected chi connectivity index (χ4v) is 4.54. The highest BCUT2D eigenvalue weighted by atomic mass is 32.1. The first-order valence-corrected chi connectivity index (χ1v) is 12.2. The minimum atomic E-state index is -5.01. The first-order valence-electron chi connectivity index (χ1n) is 11.7. The van der Waals surface area contributed by atoms with Crippen LogP contribution in [0.3, 0.4) is 0 Å². The van der Waals surface area contributed by atoms with Gasteiger partial charge in [-0.05, 0) is 67.6 Å². The average Bonchev–Trinajstić information content (AvgIpc) is 2.99. The lowest BCUT2D eigenvalue weighted by Crippen LogP contribution is -2.35. The molecule has 0 saturated carbocycles. The third kappa shape index (κ3) is 6.83. The summed E-state index contributed by atoms with van der Waals surface area (Å²) in [6.07, 6.45) is -10.4. The van der Waals surface area contributed by atoms with Crippen LogP contribution in [0.4, 0.5) is 36.8 Å². The molecule has 206 valence electrons. The molecule has 2 aromatic rings. The number of benzene rings is 2. The number of nitrogens with zero attached hydrogens (tertiary/aromatic N) is 2. The number of halogens is 6. The maximum Gasteiger partial charge on any atom is 0.416 e. The molecule has 12 heteroatoms. The van der Waals surface area contributed by atoms with Crippen molar-refractivity contribution >= 4 is 35.3 Å². The van der Waals surface area contributed by atoms with E-state index in [4.69, 9.17) is 17.0 Å². The molecule has 0 bridgehead atoms. The lowest BCUT2D eigenvalue weighted by molar-refractivity contribution is -0.143. The Kier molecular flexibility index (Phi) is 8.75. The van der Waals surface area contributed by atoms with Gasteiger partial charge in [0.1, 0.15) is 0 Å². The molecule has 0 fully saturated rings. The molecule has 0 N–H and O–H groups in total. The van der Waals surface area contributed by atoms with Gasteiger partial charge in [0.05, 0.1) is 29.0 Å². The van der Waals surface area contributed by atoms with E-state index in [1.54, 1.807) is 32.0 Å². The standard InChI is InChI=1S/C26H26F6N2O3S/c1-15(2)37-24(36)33-8-4-5-22(21-7-6-17(14-38)11-23(21)33)34(16(3)35)13-18-9-19(25(27,28)29)12-20(10-18)26(30,31)32/h6-7,9-12,14-15,22H,4-5,8,13H2,1-3H3. The highest BCUT2D eigenvalue weighted by molar-refractivity contribution is 7.79. The van der Waals surface area contributed by atoms with Crippen LogP contribution >= 0.6 is 12.2 Å². The predicted molar refractivity (Wildman–Crippen MR) is 133 cm³/mol. The van der Waals surface area contributed by atoms with E-state index in [0.717, 1.165) is 0 Å². The Balaban J connectivity index is 2.10. The Morgan fingerprint density at radius 3 is 2.18 bits per heavy atom. The van der Waals surface area contributed by atoms with Crippen LogP contribution in [0.1, 0.15) is 67.5 Å². The van der Waals surface area contributed by atoms with Crippen LogP contribution in [-0.2, 0) is 28.4 Å². The third-order valence-electron chi connectivity index (χ3n) is 6.04. The van der Waals surface area contributed by atoms with Gasteiger partial charge in [0.15, 0.2) is 0 Å². The number of rotatable bonds is 5. The van der Waals surface area contributed by atoms with E-state index >= 15 is 0 Å². The van der Waals surface area contributed by atoms with E-state index in [1.807, 2.05) is 0 Å². The van der Waals surface area contributed by atoms with Crippen LogP contribution in [-0.4, -0.2) is 34.9 Å². The first kappa shape index (κ1) is 29.4. The van der Waals surface area contributed by atoms with Crippen LogP contribution in [0.5, 0.6) is 0 Å². The molecule has 38 heavy (non-hydrogen) atoms. The van der Waals surface area contributed by atoms with E-state index in [1.165, 1.54) is 22.1 Å². The molecule has 1 heterocycles. The second kappa shape index (κ2) is 11.3. The van der Waals surface area contributed by atoms with E-state index < -0.39 is 54.2 Å². The summed E-state index contributed by atoms with van der Waals surface area (Å²) in [5.41, 5.74) is -1.73. The van der Waals surface area contributed by atoms with E-state index in [-0.39, 0.29) is 18.2 Å². The van der Waals surface area contributed by atoms with Crippen molar-refractivity contribution in [3.8, 4) is 0 Å². The zero-order valence-electron chi connectivity index (χ0n) is 20.8. The van der Waals surface area contributed by atoms with Gasteiger partial charge in [0, 0.05) is 25.4 Å². The molecule has 2 amide bonds. The normalized spacial score (nSPS) is 16.1. The van der Waals surface area contributed by atoms with Gasteiger partial charge in [-0.2, -0.15) is 26.3 Å². The predicted octanol–water partition coefficient (Wildman–Crippen LogP) is 7.31. The molecule has 3 rings (SSSR count). The van der Waals surface area contributed by atoms with Gasteiger partial charge >= 0.3 is 18.4 Å². The van der Waals surface area contributed by atoms with Crippen LogP contribution in [0, 0.1) is 0 Å². The molecule has 0 aromatic heterocycles. The summed E-state index contributed by atoms with van der Waals surface area (Å²) in [5, 5.41) is 1.40. The molecule has 0 saturated heterocycles. The Morgan fingerprint density at radius 2 is 1.68 bits per heavy atom. The number of amides is 2. The van der Waals surface area contributed by atoms with E-state index in [0.29, 0.717) is 41.8 Å². The third-order valence-corrected chi connectivity index (χ3v) is 6.31. The second-order valence-corrected chi connectivity index (χ2v) is 9.48. The number of carbonyl (C=O) groups excluding carboxylic acids is 2. The summed E-state index contributed by atoms with van der Waals surface area (Å²) in [6.45, 7) is 4.30. The molecule has 1 unspecified atom stereocenters. The molecule has 1 aliphatic rings. The number of carbonyl (C=O) groups is 2. The largest absolute Gasteiger partial charge is 0.446 e. The van der Waals surface area contributed by atoms with Crippen LogP contribution in [0.25, 0.3) is 0 Å². The Labute approximate surface area is 221 Å². The molecule has 0 spiro atoms. The topological polar surface area (TPSA) is 49.9 Å². The average molecular weight is 561 g/mol. The zero-order chi connectivity index (χ0) is 28.4. The number of hydrogen-bond acceptors (Lipinski definition) is 4. The molecule has 1 atom stereocenters. The number of hydrogen-bond donors (Lipinski definition) is 0. The van der Waals surface area contributed by atoms with Crippen LogP contribution in [0.15, 0.2) is 36.4 Å². The van der Waals surface area contributed by atoms with Crippen LogP contribution < -0.4 is 4.90 Å². The molecular weight excluding hydrogens is 534 g/mol. The summed E-state index contributed by atoms with van der Waals surface area (Å²) in [5.74, 6) is -0.552. The smallest absolute Gasteiger partial charge is 0.416 e. The minimum Gasteiger partial charge on any atom is -0.446 e. The number of anilines is 1. The maximum absolute atomic E-state index is 13.4. The van der Waals surface area contributed by atoms with Gasteiger partial charge < -0.3 is 9.64 Å². The molecular formula is C26H26F6N2O3S. The highest BCUT2D eigenvalue weighted by Gasteiger charge is 2.38. The Morgan fingerprint density at radius 1 is 1.08 bits per heavy atom. The maximum atomic E-state index is 13.4. The molecule has 5 nitrogen and oxygen atoms in total. The number of ether oxygens (including phenoxy) is 1. The van der Waals surface area contributed by atoms with Crippen molar-refractivity contribution in [1.82, 2.24) is 4.90 Å². The molecule has 0 radical (unpaired) electrons. The number of alkyl halides is 6.